The van der Waals surface area contributed by atoms with Crippen LogP contribution in [0.5, 0.6) is 0 Å². The van der Waals surface area contributed by atoms with E-state index in [0.29, 0.717) is 6.29 Å². The predicted octanol–water partition coefficient (Wildman–Crippen LogP) is 4.24. The number of esters is 1. The molecule has 0 aromatic heterocycles. The summed E-state index contributed by atoms with van der Waals surface area (Å²) >= 11 is 3.37. The molecule has 0 spiro atoms. The number of nitrogens with two attached hydrogens (primary N) is 1. The predicted molar refractivity (Wildman–Crippen MR) is 116 cm³/mol. The molecule has 0 bridgehead atoms. The number of fused-ring (bicyclic) bond motifs is 3. The molecule has 0 aliphatic heterocycles. The quantitative estimate of drug-likeness (QED) is 0.347. The average molecular weight is 450 g/mol. The van der Waals surface area contributed by atoms with Gasteiger partial charge < -0.3 is 15.3 Å². The van der Waals surface area contributed by atoms with Crippen LogP contribution in [0.1, 0.15) is 22.6 Å². The number of aldehydes is 1. The first-order valence-corrected chi connectivity index (χ1v) is 10.2. The van der Waals surface area contributed by atoms with E-state index in [0.717, 1.165) is 32.3 Å². The lowest BCUT2D eigenvalue weighted by Gasteiger charge is -2.23. The van der Waals surface area contributed by atoms with Crippen molar-refractivity contribution in [3.05, 3.63) is 94.0 Å². The third kappa shape index (κ3) is 3.76. The van der Waals surface area contributed by atoms with Gasteiger partial charge in [0.1, 0.15) is 6.61 Å². The van der Waals surface area contributed by atoms with Crippen molar-refractivity contribution in [3.63, 3.8) is 0 Å². The Balaban J connectivity index is 1.53. The van der Waals surface area contributed by atoms with E-state index in [9.17, 15) is 9.59 Å². The lowest BCUT2D eigenvalue weighted by Crippen LogP contribution is -2.52. The van der Waals surface area contributed by atoms with Gasteiger partial charge in [0.25, 0.3) is 0 Å². The van der Waals surface area contributed by atoms with Gasteiger partial charge in [0.2, 0.25) is 0 Å². The maximum absolute atomic E-state index is 12.8. The Morgan fingerprint density at radius 1 is 0.966 bits per heavy atom. The van der Waals surface area contributed by atoms with Crippen molar-refractivity contribution in [1.82, 2.24) is 0 Å². The van der Waals surface area contributed by atoms with Crippen LogP contribution in [-0.4, -0.2) is 24.4 Å². The lowest BCUT2D eigenvalue weighted by molar-refractivity contribution is -0.151. The molecule has 2 N–H and O–H groups in total. The van der Waals surface area contributed by atoms with E-state index < -0.39 is 11.5 Å². The Bertz CT molecular complexity index is 1020. The fourth-order valence-corrected chi connectivity index (χ4v) is 4.10. The van der Waals surface area contributed by atoms with Gasteiger partial charge in [-0.15, -0.1) is 0 Å². The lowest BCUT2D eigenvalue weighted by atomic mass is 9.93. The summed E-state index contributed by atoms with van der Waals surface area (Å²) in [7, 11) is 0. The number of carbonyl (C=O) groups is 2. The molecule has 0 heterocycles. The second-order valence-electron chi connectivity index (χ2n) is 7.29. The molecule has 146 valence electrons. The van der Waals surface area contributed by atoms with E-state index in [1.165, 1.54) is 0 Å². The largest absolute Gasteiger partial charge is 0.463 e. The van der Waals surface area contributed by atoms with Crippen molar-refractivity contribution in [2.45, 2.75) is 17.9 Å². The maximum Gasteiger partial charge on any atom is 0.333 e. The number of carbonyl (C=O) groups excluding carboxylic acids is 2. The van der Waals surface area contributed by atoms with Gasteiger partial charge in [-0.25, -0.2) is 4.79 Å². The summed E-state index contributed by atoms with van der Waals surface area (Å²) in [6.45, 7) is 0.139. The summed E-state index contributed by atoms with van der Waals surface area (Å²) in [5, 5.41) is 0. The molecule has 0 radical (unpaired) electrons. The van der Waals surface area contributed by atoms with Crippen LogP contribution in [0.4, 0.5) is 0 Å². The topological polar surface area (TPSA) is 69.4 Å². The molecule has 4 nitrogen and oxygen atoms in total. The molecule has 1 aliphatic carbocycles. The third-order valence-corrected chi connectivity index (χ3v) is 5.87. The fourth-order valence-electron chi connectivity index (χ4n) is 3.83. The van der Waals surface area contributed by atoms with E-state index in [-0.39, 0.29) is 18.9 Å². The summed E-state index contributed by atoms with van der Waals surface area (Å²) in [6.07, 6.45) is 0.564. The summed E-state index contributed by atoms with van der Waals surface area (Å²) in [6, 6.07) is 23.5. The van der Waals surface area contributed by atoms with Crippen LogP contribution in [0.25, 0.3) is 11.1 Å². The summed E-state index contributed by atoms with van der Waals surface area (Å²) in [5.74, 6) is -0.785. The van der Waals surface area contributed by atoms with Crippen molar-refractivity contribution in [3.8, 4) is 11.1 Å². The molecule has 1 atom stereocenters. The maximum atomic E-state index is 12.8. The molecule has 0 fully saturated rings. The van der Waals surface area contributed by atoms with Crippen LogP contribution in [-0.2, 0) is 20.7 Å². The molecule has 29 heavy (non-hydrogen) atoms. The second-order valence-corrected chi connectivity index (χ2v) is 8.20. The first kappa shape index (κ1) is 19.6. The minimum Gasteiger partial charge on any atom is -0.463 e. The number of hydrogen-bond acceptors (Lipinski definition) is 4. The normalized spacial score (nSPS) is 14.6. The highest BCUT2D eigenvalue weighted by Gasteiger charge is 2.37. The molecular formula is C24H20BrNO3. The molecule has 0 unspecified atom stereocenters. The third-order valence-electron chi connectivity index (χ3n) is 5.34. The zero-order valence-electron chi connectivity index (χ0n) is 15.7. The molecule has 0 saturated heterocycles. The van der Waals surface area contributed by atoms with Gasteiger partial charge in [0, 0.05) is 16.8 Å². The zero-order chi connectivity index (χ0) is 20.4. The van der Waals surface area contributed by atoms with Gasteiger partial charge in [-0.2, -0.15) is 0 Å². The van der Waals surface area contributed by atoms with E-state index in [4.69, 9.17) is 10.5 Å². The van der Waals surface area contributed by atoms with Gasteiger partial charge in [0.15, 0.2) is 11.8 Å². The van der Waals surface area contributed by atoms with Gasteiger partial charge >= 0.3 is 5.97 Å². The Morgan fingerprint density at radius 3 is 2.07 bits per heavy atom. The van der Waals surface area contributed by atoms with Crippen LogP contribution in [0.3, 0.4) is 0 Å². The number of hydrogen-bond donors (Lipinski definition) is 1. The standard InChI is InChI=1S/C24H20BrNO3/c25-17-11-9-16(10-12-17)13-24(26,15-27)23(28)29-14-22-20-7-3-1-5-18(20)19-6-2-4-8-21(19)22/h1-12,15,22H,13-14,26H2/t24-/m1/s1. The van der Waals surface area contributed by atoms with E-state index in [1.54, 1.807) is 0 Å². The van der Waals surface area contributed by atoms with E-state index >= 15 is 0 Å². The van der Waals surface area contributed by atoms with Crippen molar-refractivity contribution in [2.24, 2.45) is 5.73 Å². The Labute approximate surface area is 177 Å². The first-order valence-electron chi connectivity index (χ1n) is 9.37. The van der Waals surface area contributed by atoms with Crippen LogP contribution in [0.2, 0.25) is 0 Å². The van der Waals surface area contributed by atoms with Crippen molar-refractivity contribution in [2.75, 3.05) is 6.61 Å². The highest BCUT2D eigenvalue weighted by molar-refractivity contribution is 9.10. The molecule has 1 aliphatic rings. The summed E-state index contributed by atoms with van der Waals surface area (Å²) in [4.78, 5) is 24.5. The number of rotatable bonds is 6. The molecule has 3 aromatic carbocycles. The van der Waals surface area contributed by atoms with Gasteiger partial charge in [-0.3, -0.25) is 0 Å². The minimum absolute atomic E-state index is 0.0741. The van der Waals surface area contributed by atoms with E-state index in [2.05, 4.69) is 28.1 Å². The molecule has 0 amide bonds. The smallest absolute Gasteiger partial charge is 0.333 e. The number of ether oxygens (including phenoxy) is 1. The summed E-state index contributed by atoms with van der Waals surface area (Å²) in [5.41, 5.74) is 9.72. The molecule has 4 rings (SSSR count). The first-order chi connectivity index (χ1) is 14.0. The number of benzene rings is 3. The SMILES string of the molecule is N[C@@](C=O)(Cc1ccc(Br)cc1)C(=O)OCC1c2ccccc2-c2ccccc21. The highest BCUT2D eigenvalue weighted by atomic mass is 79.9. The molecule has 5 heteroatoms. The van der Waals surface area contributed by atoms with Gasteiger partial charge in [0.05, 0.1) is 0 Å². The highest BCUT2D eigenvalue weighted by Crippen LogP contribution is 2.44. The van der Waals surface area contributed by atoms with Crippen molar-refractivity contribution >= 4 is 28.2 Å². The van der Waals surface area contributed by atoms with Crippen LogP contribution in [0.15, 0.2) is 77.3 Å². The Hall–Kier alpha value is -2.76. The van der Waals surface area contributed by atoms with Gasteiger partial charge in [-0.1, -0.05) is 76.6 Å². The van der Waals surface area contributed by atoms with E-state index in [1.807, 2.05) is 60.7 Å². The van der Waals surface area contributed by atoms with Crippen LogP contribution in [0, 0.1) is 0 Å². The Morgan fingerprint density at radius 2 is 1.52 bits per heavy atom. The second kappa shape index (κ2) is 7.93. The monoisotopic (exact) mass is 449 g/mol. The van der Waals surface area contributed by atoms with Crippen molar-refractivity contribution < 1.29 is 14.3 Å². The molecule has 0 saturated carbocycles. The van der Waals surface area contributed by atoms with Crippen LogP contribution >= 0.6 is 15.9 Å². The molecular weight excluding hydrogens is 430 g/mol. The summed E-state index contributed by atoms with van der Waals surface area (Å²) < 4.78 is 6.50. The van der Waals surface area contributed by atoms with Crippen LogP contribution < -0.4 is 5.73 Å². The average Bonchev–Trinajstić information content (AvgIpc) is 3.07. The minimum atomic E-state index is -1.72. The zero-order valence-corrected chi connectivity index (χ0v) is 17.3. The number of halogens is 1. The van der Waals surface area contributed by atoms with Crippen molar-refractivity contribution in [1.29, 1.82) is 0 Å². The molecule has 3 aromatic rings. The fraction of sp³-hybridized carbons (Fsp3) is 0.167. The Kier molecular flexibility index (Phi) is 5.35. The van der Waals surface area contributed by atoms with Gasteiger partial charge in [-0.05, 0) is 39.9 Å².